The van der Waals surface area contributed by atoms with Crippen molar-refractivity contribution in [2.24, 2.45) is 5.92 Å². The number of morpholine rings is 1. The number of nitrogens with one attached hydrogen (secondary N) is 1. The number of carboxylic acid groups (broad SMARTS) is 1. The van der Waals surface area contributed by atoms with E-state index in [-0.39, 0.29) is 0 Å². The third kappa shape index (κ3) is 2.32. The lowest BCUT2D eigenvalue weighted by Crippen LogP contribution is -2.60. The van der Waals surface area contributed by atoms with Crippen molar-refractivity contribution in [1.29, 1.82) is 0 Å². The minimum absolute atomic E-state index is 0.318. The lowest BCUT2D eigenvalue weighted by atomic mass is 9.86. The van der Waals surface area contributed by atoms with E-state index in [2.05, 4.69) is 5.32 Å². The number of hydrogen-bond acceptors (Lipinski definition) is 3. The third-order valence-electron chi connectivity index (χ3n) is 3.58. The number of hydrogen-bond donors (Lipinski definition) is 2. The van der Waals surface area contributed by atoms with E-state index in [0.29, 0.717) is 25.7 Å². The van der Waals surface area contributed by atoms with Crippen LogP contribution in [0.4, 0.5) is 0 Å². The summed E-state index contributed by atoms with van der Waals surface area (Å²) in [6, 6.07) is 0. The molecule has 1 aliphatic carbocycles. The molecule has 4 nitrogen and oxygen atoms in total. The summed E-state index contributed by atoms with van der Waals surface area (Å²) in [5.74, 6) is -0.190. The summed E-state index contributed by atoms with van der Waals surface area (Å²) < 4.78 is 5.31. The zero-order valence-corrected chi connectivity index (χ0v) is 9.00. The standard InChI is InChI=1S/C11H19NO3/c13-10(14)11(8-15-6-5-12-11)7-9-3-1-2-4-9/h9,12H,1-8H2,(H,13,14). The van der Waals surface area contributed by atoms with E-state index in [9.17, 15) is 9.90 Å². The van der Waals surface area contributed by atoms with Crippen LogP contribution in [0.3, 0.4) is 0 Å². The third-order valence-corrected chi connectivity index (χ3v) is 3.58. The highest BCUT2D eigenvalue weighted by molar-refractivity contribution is 5.79. The Labute approximate surface area is 90.0 Å². The van der Waals surface area contributed by atoms with Crippen LogP contribution in [0.25, 0.3) is 0 Å². The molecule has 1 saturated heterocycles. The van der Waals surface area contributed by atoms with E-state index in [4.69, 9.17) is 4.74 Å². The summed E-state index contributed by atoms with van der Waals surface area (Å²) in [5.41, 5.74) is -0.812. The van der Waals surface area contributed by atoms with Crippen LogP contribution in [-0.2, 0) is 9.53 Å². The Bertz CT molecular complexity index is 230. The highest BCUT2D eigenvalue weighted by Crippen LogP contribution is 2.32. The Balaban J connectivity index is 2.00. The molecule has 1 saturated carbocycles. The molecule has 0 spiro atoms. The lowest BCUT2D eigenvalue weighted by Gasteiger charge is -2.36. The Morgan fingerprint density at radius 2 is 2.20 bits per heavy atom. The van der Waals surface area contributed by atoms with Crippen LogP contribution in [0.15, 0.2) is 0 Å². The van der Waals surface area contributed by atoms with Gasteiger partial charge in [0.1, 0.15) is 5.54 Å². The molecule has 0 bridgehead atoms. The molecule has 15 heavy (non-hydrogen) atoms. The maximum atomic E-state index is 11.3. The van der Waals surface area contributed by atoms with Crippen molar-refractivity contribution in [3.63, 3.8) is 0 Å². The van der Waals surface area contributed by atoms with E-state index in [0.717, 1.165) is 6.42 Å². The van der Waals surface area contributed by atoms with Gasteiger partial charge >= 0.3 is 5.97 Å². The number of aliphatic carboxylic acids is 1. The second-order valence-corrected chi connectivity index (χ2v) is 4.72. The summed E-state index contributed by atoms with van der Waals surface area (Å²) in [7, 11) is 0. The molecule has 0 aromatic rings. The molecule has 1 aliphatic heterocycles. The fourth-order valence-electron chi connectivity index (χ4n) is 2.72. The van der Waals surface area contributed by atoms with Gasteiger partial charge < -0.3 is 9.84 Å². The minimum atomic E-state index is -0.812. The first kappa shape index (κ1) is 10.9. The summed E-state index contributed by atoms with van der Waals surface area (Å²) in [6.07, 6.45) is 5.58. The normalized spacial score (nSPS) is 33.1. The van der Waals surface area contributed by atoms with Crippen LogP contribution in [0, 0.1) is 5.92 Å². The Kier molecular flexibility index (Phi) is 3.26. The molecular weight excluding hydrogens is 194 g/mol. The molecular formula is C11H19NO3. The van der Waals surface area contributed by atoms with Crippen LogP contribution >= 0.6 is 0 Å². The number of carboxylic acids is 1. The van der Waals surface area contributed by atoms with Gasteiger partial charge in [-0.1, -0.05) is 25.7 Å². The highest BCUT2D eigenvalue weighted by atomic mass is 16.5. The van der Waals surface area contributed by atoms with Gasteiger partial charge in [0.05, 0.1) is 13.2 Å². The Morgan fingerprint density at radius 3 is 2.73 bits per heavy atom. The molecule has 2 aliphatic rings. The van der Waals surface area contributed by atoms with Gasteiger partial charge in [0, 0.05) is 6.54 Å². The Hall–Kier alpha value is -0.610. The van der Waals surface area contributed by atoms with Gasteiger partial charge in [-0.15, -0.1) is 0 Å². The van der Waals surface area contributed by atoms with E-state index in [1.165, 1.54) is 25.7 Å². The molecule has 86 valence electrons. The van der Waals surface area contributed by atoms with E-state index >= 15 is 0 Å². The van der Waals surface area contributed by atoms with E-state index in [1.54, 1.807) is 0 Å². The van der Waals surface area contributed by atoms with Gasteiger partial charge in [-0.3, -0.25) is 10.1 Å². The number of carbonyl (C=O) groups is 1. The van der Waals surface area contributed by atoms with Crippen molar-refractivity contribution in [3.8, 4) is 0 Å². The predicted molar refractivity (Wildman–Crippen MR) is 55.8 cm³/mol. The zero-order chi connectivity index (χ0) is 10.7. The first-order valence-electron chi connectivity index (χ1n) is 5.79. The van der Waals surface area contributed by atoms with Crippen LogP contribution in [0.5, 0.6) is 0 Å². The molecule has 2 rings (SSSR count). The molecule has 2 N–H and O–H groups in total. The fraction of sp³-hybridized carbons (Fsp3) is 0.909. The van der Waals surface area contributed by atoms with Gasteiger partial charge in [0.15, 0.2) is 0 Å². The number of ether oxygens (including phenoxy) is 1. The average Bonchev–Trinajstić information content (AvgIpc) is 2.71. The predicted octanol–water partition coefficient (Wildman–Crippen LogP) is 1.01. The van der Waals surface area contributed by atoms with Crippen molar-refractivity contribution in [2.75, 3.05) is 19.8 Å². The topological polar surface area (TPSA) is 58.6 Å². The van der Waals surface area contributed by atoms with Crippen LogP contribution in [-0.4, -0.2) is 36.4 Å². The fourth-order valence-corrected chi connectivity index (χ4v) is 2.72. The van der Waals surface area contributed by atoms with Gasteiger partial charge in [0.2, 0.25) is 0 Å². The highest BCUT2D eigenvalue weighted by Gasteiger charge is 2.42. The average molecular weight is 213 g/mol. The quantitative estimate of drug-likeness (QED) is 0.734. The summed E-state index contributed by atoms with van der Waals surface area (Å²) in [4.78, 5) is 11.3. The van der Waals surface area contributed by atoms with Gasteiger partial charge in [-0.2, -0.15) is 0 Å². The summed E-state index contributed by atoms with van der Waals surface area (Å²) in [6.45, 7) is 1.59. The molecule has 0 radical (unpaired) electrons. The van der Waals surface area contributed by atoms with Crippen molar-refractivity contribution in [1.82, 2.24) is 5.32 Å². The van der Waals surface area contributed by atoms with Gasteiger partial charge in [-0.05, 0) is 12.3 Å². The SMILES string of the molecule is O=C(O)C1(CC2CCCC2)COCCN1. The van der Waals surface area contributed by atoms with Crippen molar-refractivity contribution >= 4 is 5.97 Å². The van der Waals surface area contributed by atoms with Crippen LogP contribution in [0.1, 0.15) is 32.1 Å². The van der Waals surface area contributed by atoms with Gasteiger partial charge in [-0.25, -0.2) is 0 Å². The van der Waals surface area contributed by atoms with Crippen molar-refractivity contribution in [2.45, 2.75) is 37.6 Å². The molecule has 0 aromatic heterocycles. The van der Waals surface area contributed by atoms with E-state index in [1.807, 2.05) is 0 Å². The molecule has 1 heterocycles. The van der Waals surface area contributed by atoms with Gasteiger partial charge in [0.25, 0.3) is 0 Å². The molecule has 2 fully saturated rings. The largest absolute Gasteiger partial charge is 0.480 e. The molecule has 0 aromatic carbocycles. The first-order valence-corrected chi connectivity index (χ1v) is 5.79. The first-order chi connectivity index (χ1) is 7.23. The second-order valence-electron chi connectivity index (χ2n) is 4.72. The monoisotopic (exact) mass is 213 g/mol. The maximum absolute atomic E-state index is 11.3. The zero-order valence-electron chi connectivity index (χ0n) is 9.00. The maximum Gasteiger partial charge on any atom is 0.326 e. The van der Waals surface area contributed by atoms with Crippen LogP contribution < -0.4 is 5.32 Å². The van der Waals surface area contributed by atoms with E-state index < -0.39 is 11.5 Å². The molecule has 4 heteroatoms. The molecule has 1 atom stereocenters. The van der Waals surface area contributed by atoms with Crippen molar-refractivity contribution in [3.05, 3.63) is 0 Å². The summed E-state index contributed by atoms with van der Waals surface area (Å²) >= 11 is 0. The smallest absolute Gasteiger partial charge is 0.326 e. The minimum Gasteiger partial charge on any atom is -0.480 e. The number of rotatable bonds is 3. The van der Waals surface area contributed by atoms with Crippen LogP contribution in [0.2, 0.25) is 0 Å². The Morgan fingerprint density at radius 1 is 1.47 bits per heavy atom. The van der Waals surface area contributed by atoms with Crippen molar-refractivity contribution < 1.29 is 14.6 Å². The lowest BCUT2D eigenvalue weighted by molar-refractivity contribution is -0.151. The summed E-state index contributed by atoms with van der Waals surface area (Å²) in [5, 5.41) is 12.4. The second kappa shape index (κ2) is 4.49. The molecule has 0 amide bonds. The molecule has 1 unspecified atom stereocenters.